The summed E-state index contributed by atoms with van der Waals surface area (Å²) in [7, 11) is 0. The Bertz CT molecular complexity index is 1150. The number of phenolic OH excluding ortho intramolecular Hbond substituents is 2. The number of aromatic hydroxyl groups is 2. The number of ether oxygens (including phenoxy) is 3. The van der Waals surface area contributed by atoms with E-state index in [1.54, 1.807) is 12.1 Å². The molecular formula is C33H48O10. The van der Waals surface area contributed by atoms with E-state index in [4.69, 9.17) is 14.2 Å². The van der Waals surface area contributed by atoms with Gasteiger partial charge in [0.25, 0.3) is 0 Å². The molecule has 0 spiro atoms. The lowest BCUT2D eigenvalue weighted by atomic mass is 9.99. The maximum absolute atomic E-state index is 13.7. The van der Waals surface area contributed by atoms with Crippen molar-refractivity contribution in [1.82, 2.24) is 0 Å². The van der Waals surface area contributed by atoms with E-state index in [0.717, 1.165) is 69.8 Å². The molecule has 5 atom stereocenters. The number of hydrogen-bond acceptors (Lipinski definition) is 10. The van der Waals surface area contributed by atoms with Gasteiger partial charge in [-0.2, -0.15) is 0 Å². The predicted molar refractivity (Wildman–Crippen MR) is 160 cm³/mol. The van der Waals surface area contributed by atoms with Crippen LogP contribution >= 0.6 is 0 Å². The molecule has 2 aromatic rings. The summed E-state index contributed by atoms with van der Waals surface area (Å²) >= 11 is 0. The number of unbranched alkanes of at least 4 members (excludes halogenated alkanes) is 8. The van der Waals surface area contributed by atoms with Gasteiger partial charge >= 0.3 is 5.97 Å². The summed E-state index contributed by atoms with van der Waals surface area (Å²) in [6.45, 7) is 3.56. The first-order valence-electron chi connectivity index (χ1n) is 15.6. The average Bonchev–Trinajstić information content (AvgIpc) is 3.24. The Morgan fingerprint density at radius 2 is 1.47 bits per heavy atom. The molecule has 3 rings (SSSR count). The van der Waals surface area contributed by atoms with Crippen molar-refractivity contribution in [2.75, 3.05) is 6.61 Å². The number of carbonyl (C=O) groups is 1. The largest absolute Gasteiger partial charge is 0.508 e. The molecule has 1 heterocycles. The van der Waals surface area contributed by atoms with Gasteiger partial charge in [-0.3, -0.25) is 0 Å². The van der Waals surface area contributed by atoms with Gasteiger partial charge in [-0.1, -0.05) is 65.2 Å². The first-order chi connectivity index (χ1) is 20.7. The smallest absolute Gasteiger partial charge is 0.347 e. The summed E-state index contributed by atoms with van der Waals surface area (Å²) < 4.78 is 17.1. The van der Waals surface area contributed by atoms with Crippen molar-refractivity contribution in [3.8, 4) is 23.0 Å². The van der Waals surface area contributed by atoms with Gasteiger partial charge in [0.2, 0.25) is 6.29 Å². The van der Waals surface area contributed by atoms with Crippen molar-refractivity contribution in [3.63, 3.8) is 0 Å². The topological polar surface area (TPSA) is 166 Å². The zero-order chi connectivity index (χ0) is 31.4. The molecule has 43 heavy (non-hydrogen) atoms. The van der Waals surface area contributed by atoms with E-state index in [1.165, 1.54) is 24.6 Å². The highest BCUT2D eigenvalue weighted by atomic mass is 16.7. The summed E-state index contributed by atoms with van der Waals surface area (Å²) in [5, 5.41) is 61.0. The molecule has 0 saturated carbocycles. The molecule has 10 heteroatoms. The number of rotatable bonds is 18. The highest BCUT2D eigenvalue weighted by Gasteiger charge is 2.47. The second kappa shape index (κ2) is 17.4. The van der Waals surface area contributed by atoms with Crippen LogP contribution in [0.3, 0.4) is 0 Å². The fourth-order valence-electron chi connectivity index (χ4n) is 5.35. The number of aliphatic hydroxyl groups excluding tert-OH is 4. The number of phenols is 2. The minimum atomic E-state index is -1.61. The van der Waals surface area contributed by atoms with Crippen molar-refractivity contribution in [2.24, 2.45) is 0 Å². The van der Waals surface area contributed by atoms with Crippen molar-refractivity contribution in [2.45, 2.75) is 122 Å². The molecule has 10 nitrogen and oxygen atoms in total. The molecule has 0 amide bonds. The molecule has 2 aromatic carbocycles. The van der Waals surface area contributed by atoms with Gasteiger partial charge in [0, 0.05) is 12.1 Å². The van der Waals surface area contributed by atoms with Crippen molar-refractivity contribution in [3.05, 3.63) is 47.0 Å². The molecule has 0 aliphatic carbocycles. The van der Waals surface area contributed by atoms with E-state index in [-0.39, 0.29) is 28.6 Å². The molecule has 0 unspecified atom stereocenters. The van der Waals surface area contributed by atoms with Crippen LogP contribution in [0.5, 0.6) is 23.0 Å². The maximum atomic E-state index is 13.7. The van der Waals surface area contributed by atoms with Gasteiger partial charge in [0.1, 0.15) is 53.0 Å². The molecule has 0 radical (unpaired) electrons. The third kappa shape index (κ3) is 10.1. The number of aliphatic hydroxyl groups is 4. The van der Waals surface area contributed by atoms with Gasteiger partial charge in [0.15, 0.2) is 0 Å². The highest BCUT2D eigenvalue weighted by molar-refractivity contribution is 5.96. The van der Waals surface area contributed by atoms with Crippen molar-refractivity contribution in [1.29, 1.82) is 0 Å². The molecule has 0 bridgehead atoms. The van der Waals surface area contributed by atoms with Crippen LogP contribution in [0.15, 0.2) is 30.3 Å². The molecule has 240 valence electrons. The highest BCUT2D eigenvalue weighted by Crippen LogP contribution is 2.35. The van der Waals surface area contributed by atoms with Gasteiger partial charge < -0.3 is 44.8 Å². The van der Waals surface area contributed by atoms with E-state index in [1.807, 2.05) is 0 Å². The summed E-state index contributed by atoms with van der Waals surface area (Å²) in [5.74, 6) is -0.992. The zero-order valence-electron chi connectivity index (χ0n) is 25.3. The lowest BCUT2D eigenvalue weighted by molar-refractivity contribution is -0.137. The van der Waals surface area contributed by atoms with Crippen LogP contribution in [-0.4, -0.2) is 73.9 Å². The Labute approximate surface area is 253 Å². The third-order valence-electron chi connectivity index (χ3n) is 7.72. The lowest BCUT2D eigenvalue weighted by Crippen LogP contribution is -2.40. The first kappa shape index (κ1) is 34.6. The van der Waals surface area contributed by atoms with Gasteiger partial charge in [-0.15, -0.1) is 0 Å². The first-order valence-corrected chi connectivity index (χ1v) is 15.6. The zero-order valence-corrected chi connectivity index (χ0v) is 25.3. The minimum absolute atomic E-state index is 0.00852. The Kier molecular flexibility index (Phi) is 14.0. The second-order valence-electron chi connectivity index (χ2n) is 11.3. The Balaban J connectivity index is 1.87. The molecule has 6 N–H and O–H groups in total. The monoisotopic (exact) mass is 604 g/mol. The van der Waals surface area contributed by atoms with Crippen molar-refractivity contribution < 1.29 is 49.6 Å². The van der Waals surface area contributed by atoms with Gasteiger partial charge in [-0.05, 0) is 55.0 Å². The van der Waals surface area contributed by atoms with E-state index in [0.29, 0.717) is 12.0 Å². The van der Waals surface area contributed by atoms with Gasteiger partial charge in [0.05, 0.1) is 6.61 Å². The number of esters is 1. The Morgan fingerprint density at radius 3 is 2.12 bits per heavy atom. The molecule has 1 aliphatic rings. The summed E-state index contributed by atoms with van der Waals surface area (Å²) in [5.41, 5.74) is 1.31. The molecule has 1 saturated heterocycles. The van der Waals surface area contributed by atoms with E-state index in [2.05, 4.69) is 13.8 Å². The van der Waals surface area contributed by atoms with Crippen LogP contribution in [0.2, 0.25) is 0 Å². The average molecular weight is 605 g/mol. The van der Waals surface area contributed by atoms with Crippen LogP contribution in [0.25, 0.3) is 0 Å². The standard InChI is InChI=1S/C33H48O10/c1-3-5-7-9-11-13-21-15-23(35)18-25(16-21)41-32(40)28-22(14-12-10-8-6-4-2)17-24(36)19-27(28)42-33-30(39)29(38)31(43-33)26(37)20-34/h15-19,26,29-31,33-39H,3-14,20H2,1-2H3/t26-,29-,30-,31+,33-/m0/s1. The molecule has 0 aromatic heterocycles. The van der Waals surface area contributed by atoms with Gasteiger partial charge in [-0.25, -0.2) is 4.79 Å². The number of aryl methyl sites for hydroxylation is 2. The quantitative estimate of drug-likeness (QED) is 0.0809. The van der Waals surface area contributed by atoms with E-state index in [9.17, 15) is 35.4 Å². The number of carbonyl (C=O) groups excluding carboxylic acids is 1. The molecular weight excluding hydrogens is 556 g/mol. The van der Waals surface area contributed by atoms with Crippen LogP contribution in [0.1, 0.15) is 99.5 Å². The predicted octanol–water partition coefficient (Wildman–Crippen LogP) is 4.52. The SMILES string of the molecule is CCCCCCCc1cc(O)cc(OC(=O)c2c(CCCCCCC)cc(O)cc2O[C@H]2O[C@H]([C@@H](O)CO)[C@@H](O)[C@@H]2O)c1. The number of benzene rings is 2. The third-order valence-corrected chi connectivity index (χ3v) is 7.72. The summed E-state index contributed by atoms with van der Waals surface area (Å²) in [4.78, 5) is 13.7. The molecule has 1 fully saturated rings. The van der Waals surface area contributed by atoms with Crippen LogP contribution < -0.4 is 9.47 Å². The van der Waals surface area contributed by atoms with Crippen LogP contribution in [0, 0.1) is 0 Å². The van der Waals surface area contributed by atoms with Crippen LogP contribution in [-0.2, 0) is 17.6 Å². The second-order valence-corrected chi connectivity index (χ2v) is 11.3. The fraction of sp³-hybridized carbons (Fsp3) is 0.606. The minimum Gasteiger partial charge on any atom is -0.508 e. The Morgan fingerprint density at radius 1 is 0.837 bits per heavy atom. The van der Waals surface area contributed by atoms with Crippen LogP contribution in [0.4, 0.5) is 0 Å². The summed E-state index contributed by atoms with van der Waals surface area (Å²) in [6.07, 6.45) is 3.97. The maximum Gasteiger partial charge on any atom is 0.347 e. The lowest BCUT2D eigenvalue weighted by Gasteiger charge is -2.21. The normalized spacial score (nSPS) is 20.7. The Hall–Kier alpha value is -2.89. The summed E-state index contributed by atoms with van der Waals surface area (Å²) in [6, 6.07) is 7.37. The van der Waals surface area contributed by atoms with E-state index >= 15 is 0 Å². The van der Waals surface area contributed by atoms with E-state index < -0.39 is 43.3 Å². The van der Waals surface area contributed by atoms with Crippen molar-refractivity contribution >= 4 is 5.97 Å². The molecule has 1 aliphatic heterocycles. The number of hydrogen-bond donors (Lipinski definition) is 6. The fourth-order valence-corrected chi connectivity index (χ4v) is 5.35.